The zero-order chi connectivity index (χ0) is 12.1. The Morgan fingerprint density at radius 1 is 1.60 bits per heavy atom. The highest BCUT2D eigenvalue weighted by molar-refractivity contribution is 5.82. The molecule has 4 N–H and O–H groups in total. The van der Waals surface area contributed by atoms with Crippen LogP contribution in [-0.2, 0) is 4.74 Å². The lowest BCUT2D eigenvalue weighted by molar-refractivity contribution is 0.0524. The summed E-state index contributed by atoms with van der Waals surface area (Å²) >= 11 is 0. The average Bonchev–Trinajstić information content (AvgIpc) is 2.10. The molecule has 6 nitrogen and oxygen atoms in total. The highest BCUT2D eigenvalue weighted by atomic mass is 16.6. The Balaban J connectivity index is 3.92. The van der Waals surface area contributed by atoms with Crippen LogP contribution in [0, 0.1) is 5.92 Å². The van der Waals surface area contributed by atoms with Crippen molar-refractivity contribution in [3.63, 3.8) is 0 Å². The van der Waals surface area contributed by atoms with Gasteiger partial charge in [-0.05, 0) is 20.8 Å². The number of amidine groups is 1. The van der Waals surface area contributed by atoms with Crippen LogP contribution < -0.4 is 11.1 Å². The summed E-state index contributed by atoms with van der Waals surface area (Å²) < 4.78 is 5.01. The van der Waals surface area contributed by atoms with E-state index in [1.54, 1.807) is 27.7 Å². The largest absolute Gasteiger partial charge is 0.444 e. The maximum absolute atomic E-state index is 11.2. The van der Waals surface area contributed by atoms with E-state index in [-0.39, 0.29) is 18.3 Å². The van der Waals surface area contributed by atoms with E-state index < -0.39 is 11.7 Å². The number of carbonyl (C=O) groups is 1. The first-order valence-corrected chi connectivity index (χ1v) is 4.70. The molecular formula is C9H19N3O3. The number of amides is 1. The van der Waals surface area contributed by atoms with Crippen molar-refractivity contribution in [2.45, 2.75) is 33.3 Å². The second-order valence-corrected chi connectivity index (χ2v) is 4.31. The summed E-state index contributed by atoms with van der Waals surface area (Å²) in [6.07, 6.45) is -0.514. The maximum Gasteiger partial charge on any atom is 0.407 e. The Morgan fingerprint density at radius 3 is 2.53 bits per heavy atom. The summed E-state index contributed by atoms with van der Waals surface area (Å²) in [5, 5.41) is 13.7. The first kappa shape index (κ1) is 13.5. The molecule has 0 aliphatic heterocycles. The predicted octanol–water partition coefficient (Wildman–Crippen LogP) is 0.894. The van der Waals surface area contributed by atoms with Gasteiger partial charge in [-0.25, -0.2) is 4.79 Å². The molecule has 88 valence electrons. The molecule has 0 rings (SSSR count). The normalized spacial score (nSPS) is 14.5. The molecule has 0 unspecified atom stereocenters. The van der Waals surface area contributed by atoms with Crippen molar-refractivity contribution in [1.29, 1.82) is 0 Å². The summed E-state index contributed by atoms with van der Waals surface area (Å²) in [6.45, 7) is 7.33. The lowest BCUT2D eigenvalue weighted by atomic mass is 10.1. The number of hydrogen-bond acceptors (Lipinski definition) is 4. The Hall–Kier alpha value is -1.46. The molecule has 0 fully saturated rings. The molecule has 0 aliphatic rings. The third-order valence-electron chi connectivity index (χ3n) is 1.57. The molecule has 0 radical (unpaired) electrons. The predicted molar refractivity (Wildman–Crippen MR) is 56.8 cm³/mol. The van der Waals surface area contributed by atoms with E-state index in [4.69, 9.17) is 15.7 Å². The minimum absolute atomic E-state index is 0.0751. The van der Waals surface area contributed by atoms with E-state index in [0.29, 0.717) is 0 Å². The van der Waals surface area contributed by atoms with Gasteiger partial charge in [0.1, 0.15) is 11.4 Å². The third kappa shape index (κ3) is 6.59. The molecule has 0 aromatic heterocycles. The van der Waals surface area contributed by atoms with Gasteiger partial charge in [-0.3, -0.25) is 0 Å². The van der Waals surface area contributed by atoms with E-state index in [1.807, 2.05) is 0 Å². The van der Waals surface area contributed by atoms with Crippen LogP contribution in [0.2, 0.25) is 0 Å². The Kier molecular flexibility index (Phi) is 4.90. The summed E-state index contributed by atoms with van der Waals surface area (Å²) in [5.74, 6) is -0.159. The van der Waals surface area contributed by atoms with Crippen LogP contribution in [0.25, 0.3) is 0 Å². The van der Waals surface area contributed by atoms with Gasteiger partial charge in [-0.1, -0.05) is 12.1 Å². The topological polar surface area (TPSA) is 96.9 Å². The number of carbonyl (C=O) groups excluding carboxylic acids is 1. The number of alkyl carbamates (subject to hydrolysis) is 1. The van der Waals surface area contributed by atoms with Gasteiger partial charge in [-0.15, -0.1) is 0 Å². The van der Waals surface area contributed by atoms with E-state index in [9.17, 15) is 4.79 Å². The number of oxime groups is 1. The van der Waals surface area contributed by atoms with Crippen molar-refractivity contribution in [2.75, 3.05) is 6.54 Å². The Labute approximate surface area is 89.5 Å². The molecule has 0 aromatic carbocycles. The lowest BCUT2D eigenvalue weighted by Crippen LogP contribution is -2.38. The summed E-state index contributed by atoms with van der Waals surface area (Å²) in [5.41, 5.74) is 4.81. The van der Waals surface area contributed by atoms with E-state index >= 15 is 0 Å². The van der Waals surface area contributed by atoms with Crippen LogP contribution in [0.3, 0.4) is 0 Å². The summed E-state index contributed by atoms with van der Waals surface area (Å²) in [6, 6.07) is 0. The number of nitrogens with zero attached hydrogens (tertiary/aromatic N) is 1. The number of nitrogens with two attached hydrogens (primary N) is 1. The van der Waals surface area contributed by atoms with Crippen molar-refractivity contribution in [2.24, 2.45) is 16.8 Å². The molecule has 0 bridgehead atoms. The fourth-order valence-electron chi connectivity index (χ4n) is 0.754. The van der Waals surface area contributed by atoms with Crippen LogP contribution in [-0.4, -0.2) is 29.3 Å². The van der Waals surface area contributed by atoms with E-state index in [0.717, 1.165) is 0 Å². The SMILES string of the molecule is C[C@H](CNC(=O)OC(C)(C)C)/C(N)=N\O. The maximum atomic E-state index is 11.2. The van der Waals surface area contributed by atoms with Crippen molar-refractivity contribution in [3.8, 4) is 0 Å². The summed E-state index contributed by atoms with van der Waals surface area (Å²) in [4.78, 5) is 11.2. The molecule has 1 amide bonds. The van der Waals surface area contributed by atoms with Crippen LogP contribution in [0.15, 0.2) is 5.16 Å². The Bertz CT molecular complexity index is 245. The highest BCUT2D eigenvalue weighted by Gasteiger charge is 2.17. The Morgan fingerprint density at radius 2 is 2.13 bits per heavy atom. The standard InChI is InChI=1S/C9H19N3O3/c1-6(7(10)12-14)5-11-8(13)15-9(2,3)4/h6,14H,5H2,1-4H3,(H2,10,12)(H,11,13)/t6-/m1/s1. The molecular weight excluding hydrogens is 198 g/mol. The van der Waals surface area contributed by atoms with E-state index in [1.165, 1.54) is 0 Å². The van der Waals surface area contributed by atoms with Gasteiger partial charge < -0.3 is 21.0 Å². The minimum atomic E-state index is -0.524. The van der Waals surface area contributed by atoms with Crippen molar-refractivity contribution < 1.29 is 14.7 Å². The first-order chi connectivity index (χ1) is 6.76. The molecule has 15 heavy (non-hydrogen) atoms. The van der Waals surface area contributed by atoms with Gasteiger partial charge >= 0.3 is 6.09 Å². The van der Waals surface area contributed by atoms with Gasteiger partial charge in [0.2, 0.25) is 0 Å². The molecule has 6 heteroatoms. The smallest absolute Gasteiger partial charge is 0.407 e. The van der Waals surface area contributed by atoms with Gasteiger partial charge in [0.25, 0.3) is 0 Å². The van der Waals surface area contributed by atoms with E-state index in [2.05, 4.69) is 10.5 Å². The quantitative estimate of drug-likeness (QED) is 0.283. The monoisotopic (exact) mass is 217 g/mol. The number of nitrogens with one attached hydrogen (secondary N) is 1. The van der Waals surface area contributed by atoms with Crippen LogP contribution >= 0.6 is 0 Å². The van der Waals surface area contributed by atoms with Crippen molar-refractivity contribution in [1.82, 2.24) is 5.32 Å². The molecule has 0 aliphatic carbocycles. The molecule has 0 spiro atoms. The highest BCUT2D eigenvalue weighted by Crippen LogP contribution is 2.06. The zero-order valence-electron chi connectivity index (χ0n) is 9.57. The first-order valence-electron chi connectivity index (χ1n) is 4.70. The molecule has 0 saturated heterocycles. The number of ether oxygens (including phenoxy) is 1. The van der Waals surface area contributed by atoms with Gasteiger partial charge in [0.05, 0.1) is 0 Å². The molecule has 0 aromatic rings. The van der Waals surface area contributed by atoms with Gasteiger partial charge in [-0.2, -0.15) is 0 Å². The van der Waals surface area contributed by atoms with Gasteiger partial charge in [0, 0.05) is 12.5 Å². The fourth-order valence-corrected chi connectivity index (χ4v) is 0.754. The lowest BCUT2D eigenvalue weighted by Gasteiger charge is -2.20. The fraction of sp³-hybridized carbons (Fsp3) is 0.778. The number of hydrogen-bond donors (Lipinski definition) is 3. The minimum Gasteiger partial charge on any atom is -0.444 e. The summed E-state index contributed by atoms with van der Waals surface area (Å²) in [7, 11) is 0. The van der Waals surface area contributed by atoms with Crippen molar-refractivity contribution >= 4 is 11.9 Å². The number of rotatable bonds is 3. The van der Waals surface area contributed by atoms with Gasteiger partial charge in [0.15, 0.2) is 0 Å². The average molecular weight is 217 g/mol. The van der Waals surface area contributed by atoms with Crippen LogP contribution in [0.1, 0.15) is 27.7 Å². The second kappa shape index (κ2) is 5.43. The molecule has 1 atom stereocenters. The molecule has 0 saturated carbocycles. The second-order valence-electron chi connectivity index (χ2n) is 4.31. The van der Waals surface area contributed by atoms with Crippen LogP contribution in [0.5, 0.6) is 0 Å². The van der Waals surface area contributed by atoms with Crippen LogP contribution in [0.4, 0.5) is 4.79 Å². The third-order valence-corrected chi connectivity index (χ3v) is 1.57. The zero-order valence-corrected chi connectivity index (χ0v) is 9.57. The molecule has 0 heterocycles. The van der Waals surface area contributed by atoms with Crippen molar-refractivity contribution in [3.05, 3.63) is 0 Å².